The van der Waals surface area contributed by atoms with Gasteiger partial charge in [-0.15, -0.1) is 11.3 Å². The van der Waals surface area contributed by atoms with Crippen LogP contribution in [0.25, 0.3) is 11.3 Å². The van der Waals surface area contributed by atoms with Gasteiger partial charge in [0.2, 0.25) is 0 Å². The van der Waals surface area contributed by atoms with E-state index in [-0.39, 0.29) is 10.6 Å². The van der Waals surface area contributed by atoms with E-state index in [0.717, 1.165) is 35.9 Å². The molecule has 0 spiro atoms. The average Bonchev–Trinajstić information content (AvgIpc) is 3.32. The molecule has 0 aliphatic carbocycles. The quantitative estimate of drug-likeness (QED) is 0.504. The van der Waals surface area contributed by atoms with Crippen molar-refractivity contribution in [2.24, 2.45) is 0 Å². The van der Waals surface area contributed by atoms with E-state index in [1.807, 2.05) is 11.4 Å². The molecule has 1 aliphatic heterocycles. The molecule has 0 unspecified atom stereocenters. The first-order chi connectivity index (χ1) is 12.2. The normalized spacial score (nSPS) is 17.0. The van der Waals surface area contributed by atoms with E-state index in [1.54, 1.807) is 23.5 Å². The van der Waals surface area contributed by atoms with Crippen LogP contribution in [0.1, 0.15) is 17.9 Å². The van der Waals surface area contributed by atoms with Gasteiger partial charge in [-0.25, -0.2) is 4.98 Å². The van der Waals surface area contributed by atoms with Gasteiger partial charge in [-0.1, -0.05) is 30.3 Å². The Bertz CT molecular complexity index is 877. The summed E-state index contributed by atoms with van der Waals surface area (Å²) in [6, 6.07) is 17.2. The second-order valence-electron chi connectivity index (χ2n) is 6.16. The second-order valence-corrected chi connectivity index (χ2v) is 7.00. The highest BCUT2D eigenvalue weighted by molar-refractivity contribution is 7.14. The van der Waals surface area contributed by atoms with Crippen molar-refractivity contribution in [2.75, 3.05) is 18.0 Å². The number of non-ortho nitro benzene ring substituents is 1. The number of anilines is 1. The maximum Gasteiger partial charge on any atom is 0.269 e. The van der Waals surface area contributed by atoms with Crippen molar-refractivity contribution in [3.05, 3.63) is 75.7 Å². The molecule has 0 bridgehead atoms. The highest BCUT2D eigenvalue weighted by Gasteiger charge is 2.25. The van der Waals surface area contributed by atoms with Crippen LogP contribution in [-0.2, 0) is 0 Å². The van der Waals surface area contributed by atoms with Gasteiger partial charge in [-0.3, -0.25) is 10.1 Å². The minimum absolute atomic E-state index is 0.101. The van der Waals surface area contributed by atoms with E-state index in [1.165, 1.54) is 17.7 Å². The van der Waals surface area contributed by atoms with Crippen molar-refractivity contribution < 1.29 is 4.92 Å². The van der Waals surface area contributed by atoms with Gasteiger partial charge >= 0.3 is 0 Å². The van der Waals surface area contributed by atoms with Crippen LogP contribution in [0.5, 0.6) is 0 Å². The summed E-state index contributed by atoms with van der Waals surface area (Å²) in [7, 11) is 0. The van der Waals surface area contributed by atoms with E-state index in [2.05, 4.69) is 29.2 Å². The Kier molecular flexibility index (Phi) is 4.19. The second kappa shape index (κ2) is 6.64. The fraction of sp³-hybridized carbons (Fsp3) is 0.211. The van der Waals surface area contributed by atoms with Crippen LogP contribution >= 0.6 is 11.3 Å². The van der Waals surface area contributed by atoms with Crippen molar-refractivity contribution in [3.63, 3.8) is 0 Å². The lowest BCUT2D eigenvalue weighted by Gasteiger charge is -2.15. The summed E-state index contributed by atoms with van der Waals surface area (Å²) < 4.78 is 0. The molecule has 4 rings (SSSR count). The van der Waals surface area contributed by atoms with E-state index in [0.29, 0.717) is 5.92 Å². The molecule has 6 heteroatoms. The summed E-state index contributed by atoms with van der Waals surface area (Å²) in [4.78, 5) is 17.4. The number of hydrogen-bond acceptors (Lipinski definition) is 5. The fourth-order valence-electron chi connectivity index (χ4n) is 3.23. The lowest BCUT2D eigenvalue weighted by molar-refractivity contribution is -0.384. The van der Waals surface area contributed by atoms with Crippen LogP contribution in [0.3, 0.4) is 0 Å². The first-order valence-electron chi connectivity index (χ1n) is 8.21. The third kappa shape index (κ3) is 3.25. The number of rotatable bonds is 4. The van der Waals surface area contributed by atoms with Crippen LogP contribution in [0.2, 0.25) is 0 Å². The van der Waals surface area contributed by atoms with Gasteiger partial charge < -0.3 is 4.90 Å². The molecular weight excluding hydrogens is 334 g/mol. The third-order valence-corrected chi connectivity index (χ3v) is 5.50. The standard InChI is InChI=1S/C19H17N3O2S/c23-22(24)17-8-6-15(7-9-17)18-13-25-19(20-18)21-11-10-16(12-21)14-4-2-1-3-5-14/h1-9,13,16H,10-12H2/t16-/m0/s1. The van der Waals surface area contributed by atoms with Crippen molar-refractivity contribution in [3.8, 4) is 11.3 Å². The maximum absolute atomic E-state index is 10.8. The predicted octanol–water partition coefficient (Wildman–Crippen LogP) is 4.71. The number of aromatic nitrogens is 1. The van der Waals surface area contributed by atoms with Crippen LogP contribution in [0, 0.1) is 10.1 Å². The predicted molar refractivity (Wildman–Crippen MR) is 100 cm³/mol. The molecule has 2 heterocycles. The molecule has 0 amide bonds. The molecule has 126 valence electrons. The Balaban J connectivity index is 1.49. The highest BCUT2D eigenvalue weighted by atomic mass is 32.1. The molecule has 0 N–H and O–H groups in total. The summed E-state index contributed by atoms with van der Waals surface area (Å²) in [6.07, 6.45) is 1.14. The topological polar surface area (TPSA) is 59.3 Å². The number of nitro groups is 1. The molecule has 5 nitrogen and oxygen atoms in total. The molecule has 1 atom stereocenters. The van der Waals surface area contributed by atoms with Crippen LogP contribution in [-0.4, -0.2) is 23.0 Å². The molecule has 0 saturated carbocycles. The van der Waals surface area contributed by atoms with Gasteiger partial charge in [0.1, 0.15) is 0 Å². The van der Waals surface area contributed by atoms with Gasteiger partial charge in [-0.05, 0) is 24.1 Å². The van der Waals surface area contributed by atoms with Crippen molar-refractivity contribution in [1.82, 2.24) is 4.98 Å². The third-order valence-electron chi connectivity index (χ3n) is 4.60. The van der Waals surface area contributed by atoms with E-state index in [9.17, 15) is 10.1 Å². The van der Waals surface area contributed by atoms with Gasteiger partial charge in [0, 0.05) is 42.1 Å². The first-order valence-corrected chi connectivity index (χ1v) is 9.09. The van der Waals surface area contributed by atoms with Crippen molar-refractivity contribution in [1.29, 1.82) is 0 Å². The number of nitro benzene ring substituents is 1. The lowest BCUT2D eigenvalue weighted by Crippen LogP contribution is -2.18. The zero-order valence-corrected chi connectivity index (χ0v) is 14.4. The molecule has 0 radical (unpaired) electrons. The fourth-order valence-corrected chi connectivity index (χ4v) is 4.10. The van der Waals surface area contributed by atoms with Crippen LogP contribution in [0.15, 0.2) is 60.0 Å². The molecule has 1 aliphatic rings. The average molecular weight is 351 g/mol. The Morgan fingerprint density at radius 3 is 2.60 bits per heavy atom. The highest BCUT2D eigenvalue weighted by Crippen LogP contribution is 2.34. The smallest absolute Gasteiger partial charge is 0.269 e. The van der Waals surface area contributed by atoms with Gasteiger partial charge in [-0.2, -0.15) is 0 Å². The largest absolute Gasteiger partial charge is 0.347 e. The molecule has 2 aromatic carbocycles. The summed E-state index contributed by atoms with van der Waals surface area (Å²) >= 11 is 1.63. The molecule has 1 fully saturated rings. The number of hydrogen-bond donors (Lipinski definition) is 0. The van der Waals surface area contributed by atoms with E-state index >= 15 is 0 Å². The Morgan fingerprint density at radius 2 is 1.88 bits per heavy atom. The number of benzene rings is 2. The van der Waals surface area contributed by atoms with Crippen molar-refractivity contribution >= 4 is 22.2 Å². The lowest BCUT2D eigenvalue weighted by atomic mass is 9.99. The van der Waals surface area contributed by atoms with Gasteiger partial charge in [0.25, 0.3) is 5.69 Å². The van der Waals surface area contributed by atoms with Crippen LogP contribution < -0.4 is 4.90 Å². The summed E-state index contributed by atoms with van der Waals surface area (Å²) in [5.41, 5.74) is 3.27. The minimum Gasteiger partial charge on any atom is -0.347 e. The first kappa shape index (κ1) is 15.8. The Hall–Kier alpha value is -2.73. The zero-order chi connectivity index (χ0) is 17.2. The Labute approximate surface area is 149 Å². The van der Waals surface area contributed by atoms with E-state index < -0.39 is 0 Å². The van der Waals surface area contributed by atoms with E-state index in [4.69, 9.17) is 4.98 Å². The number of nitrogens with zero attached hydrogens (tertiary/aromatic N) is 3. The van der Waals surface area contributed by atoms with Gasteiger partial charge in [0.05, 0.1) is 10.6 Å². The zero-order valence-electron chi connectivity index (χ0n) is 13.5. The molecular formula is C19H17N3O2S. The minimum atomic E-state index is -0.385. The SMILES string of the molecule is O=[N+]([O-])c1ccc(-c2csc(N3CC[C@H](c4ccccc4)C3)n2)cc1. The molecule has 1 saturated heterocycles. The molecule has 25 heavy (non-hydrogen) atoms. The van der Waals surface area contributed by atoms with Crippen molar-refractivity contribution in [2.45, 2.75) is 12.3 Å². The monoisotopic (exact) mass is 351 g/mol. The summed E-state index contributed by atoms with van der Waals surface area (Å²) in [5.74, 6) is 0.549. The summed E-state index contributed by atoms with van der Waals surface area (Å²) in [6.45, 7) is 1.99. The molecule has 3 aromatic rings. The van der Waals surface area contributed by atoms with Crippen LogP contribution in [0.4, 0.5) is 10.8 Å². The summed E-state index contributed by atoms with van der Waals surface area (Å²) in [5, 5.41) is 13.8. The van der Waals surface area contributed by atoms with Gasteiger partial charge in [0.15, 0.2) is 5.13 Å². The number of thiazole rings is 1. The molecule has 1 aromatic heterocycles. The Morgan fingerprint density at radius 1 is 1.12 bits per heavy atom. The maximum atomic E-state index is 10.8.